The minimum absolute atomic E-state index is 0.315. The number of nitrogens with two attached hydrogens (primary N) is 1. The van der Waals surface area contributed by atoms with Crippen molar-refractivity contribution in [2.45, 2.75) is 25.8 Å². The molecule has 0 bridgehead atoms. The van der Waals surface area contributed by atoms with Crippen molar-refractivity contribution in [3.05, 3.63) is 29.8 Å². The molecule has 84 valence electrons. The lowest BCUT2D eigenvalue weighted by Gasteiger charge is -2.17. The van der Waals surface area contributed by atoms with Gasteiger partial charge in [0.05, 0.1) is 0 Å². The molecule has 0 amide bonds. The van der Waals surface area contributed by atoms with Crippen molar-refractivity contribution in [1.82, 2.24) is 5.32 Å². The fourth-order valence-electron chi connectivity index (χ4n) is 1.58. The SMILES string of the molecule is CCC(NCCCN)c1ccc(O)cc1. The molecule has 4 N–H and O–H groups in total. The summed E-state index contributed by atoms with van der Waals surface area (Å²) in [6.07, 6.45) is 2.03. The molecule has 3 nitrogen and oxygen atoms in total. The van der Waals surface area contributed by atoms with Crippen LogP contribution in [0.5, 0.6) is 5.75 Å². The summed E-state index contributed by atoms with van der Waals surface area (Å²) >= 11 is 0. The van der Waals surface area contributed by atoms with Crippen molar-refractivity contribution < 1.29 is 5.11 Å². The van der Waals surface area contributed by atoms with Crippen LogP contribution in [-0.4, -0.2) is 18.2 Å². The van der Waals surface area contributed by atoms with Crippen LogP contribution in [0.25, 0.3) is 0 Å². The standard InChI is InChI=1S/C12H20N2O/c1-2-12(14-9-3-8-13)10-4-6-11(15)7-5-10/h4-7,12,14-15H,2-3,8-9,13H2,1H3. The van der Waals surface area contributed by atoms with Crippen molar-refractivity contribution in [2.75, 3.05) is 13.1 Å². The van der Waals surface area contributed by atoms with Gasteiger partial charge in [0.25, 0.3) is 0 Å². The molecule has 0 spiro atoms. The lowest BCUT2D eigenvalue weighted by molar-refractivity contribution is 0.473. The van der Waals surface area contributed by atoms with E-state index in [-0.39, 0.29) is 0 Å². The Morgan fingerprint density at radius 3 is 2.53 bits per heavy atom. The molecule has 0 aromatic heterocycles. The minimum Gasteiger partial charge on any atom is -0.508 e. The van der Waals surface area contributed by atoms with Gasteiger partial charge in [0.15, 0.2) is 0 Å². The van der Waals surface area contributed by atoms with Gasteiger partial charge in [-0.15, -0.1) is 0 Å². The topological polar surface area (TPSA) is 58.3 Å². The van der Waals surface area contributed by atoms with E-state index in [4.69, 9.17) is 5.73 Å². The van der Waals surface area contributed by atoms with E-state index in [1.54, 1.807) is 12.1 Å². The Morgan fingerprint density at radius 2 is 2.00 bits per heavy atom. The average Bonchev–Trinajstić information content (AvgIpc) is 2.26. The number of aromatic hydroxyl groups is 1. The fourth-order valence-corrected chi connectivity index (χ4v) is 1.58. The smallest absolute Gasteiger partial charge is 0.115 e. The number of hydrogen-bond donors (Lipinski definition) is 3. The van der Waals surface area contributed by atoms with Gasteiger partial charge in [-0.3, -0.25) is 0 Å². The monoisotopic (exact) mass is 208 g/mol. The Hall–Kier alpha value is -1.06. The van der Waals surface area contributed by atoms with E-state index < -0.39 is 0 Å². The zero-order valence-corrected chi connectivity index (χ0v) is 9.24. The van der Waals surface area contributed by atoms with Crippen LogP contribution in [0.4, 0.5) is 0 Å². The first-order valence-corrected chi connectivity index (χ1v) is 5.50. The van der Waals surface area contributed by atoms with E-state index in [1.807, 2.05) is 12.1 Å². The minimum atomic E-state index is 0.315. The summed E-state index contributed by atoms with van der Waals surface area (Å²) in [4.78, 5) is 0. The molecule has 1 rings (SSSR count). The van der Waals surface area contributed by atoms with Gasteiger partial charge >= 0.3 is 0 Å². The Bertz CT molecular complexity index is 271. The second kappa shape index (κ2) is 6.43. The molecule has 0 radical (unpaired) electrons. The average molecular weight is 208 g/mol. The fraction of sp³-hybridized carbons (Fsp3) is 0.500. The predicted octanol–water partition coefficient (Wildman–Crippen LogP) is 1.78. The zero-order chi connectivity index (χ0) is 11.1. The maximum absolute atomic E-state index is 9.19. The third-order valence-electron chi connectivity index (χ3n) is 2.48. The van der Waals surface area contributed by atoms with Crippen LogP contribution in [0.2, 0.25) is 0 Å². The van der Waals surface area contributed by atoms with E-state index in [2.05, 4.69) is 12.2 Å². The molecule has 3 heteroatoms. The van der Waals surface area contributed by atoms with Crippen LogP contribution in [0.15, 0.2) is 24.3 Å². The third kappa shape index (κ3) is 3.90. The van der Waals surface area contributed by atoms with Crippen LogP contribution in [0.1, 0.15) is 31.4 Å². The molecular weight excluding hydrogens is 188 g/mol. The van der Waals surface area contributed by atoms with E-state index in [0.29, 0.717) is 11.8 Å². The highest BCUT2D eigenvalue weighted by atomic mass is 16.3. The largest absolute Gasteiger partial charge is 0.508 e. The Kier molecular flexibility index (Phi) is 5.15. The lowest BCUT2D eigenvalue weighted by atomic mass is 10.0. The molecule has 1 aromatic rings. The van der Waals surface area contributed by atoms with E-state index in [9.17, 15) is 5.11 Å². The van der Waals surface area contributed by atoms with Crippen LogP contribution in [0.3, 0.4) is 0 Å². The molecule has 0 heterocycles. The van der Waals surface area contributed by atoms with Gasteiger partial charge in [0, 0.05) is 6.04 Å². The number of benzene rings is 1. The summed E-state index contributed by atoms with van der Waals surface area (Å²) < 4.78 is 0. The molecule has 1 atom stereocenters. The first-order chi connectivity index (χ1) is 7.27. The normalized spacial score (nSPS) is 12.7. The summed E-state index contributed by atoms with van der Waals surface area (Å²) in [6.45, 7) is 3.81. The number of phenolic OH excluding ortho intramolecular Hbond substituents is 1. The van der Waals surface area contributed by atoms with Crippen molar-refractivity contribution in [3.8, 4) is 5.75 Å². The summed E-state index contributed by atoms with van der Waals surface area (Å²) in [5.74, 6) is 0.315. The predicted molar refractivity (Wildman–Crippen MR) is 62.8 cm³/mol. The maximum Gasteiger partial charge on any atom is 0.115 e. The van der Waals surface area contributed by atoms with Crippen molar-refractivity contribution in [3.63, 3.8) is 0 Å². The number of rotatable bonds is 6. The highest BCUT2D eigenvalue weighted by Gasteiger charge is 2.07. The van der Waals surface area contributed by atoms with E-state index in [1.165, 1.54) is 5.56 Å². The number of nitrogens with one attached hydrogen (secondary N) is 1. The third-order valence-corrected chi connectivity index (χ3v) is 2.48. The maximum atomic E-state index is 9.19. The second-order valence-corrected chi connectivity index (χ2v) is 3.65. The summed E-state index contributed by atoms with van der Waals surface area (Å²) in [7, 11) is 0. The Morgan fingerprint density at radius 1 is 1.33 bits per heavy atom. The summed E-state index contributed by atoms with van der Waals surface area (Å²) in [6, 6.07) is 7.72. The first kappa shape index (κ1) is 12.0. The molecule has 1 aromatic carbocycles. The van der Waals surface area contributed by atoms with Crippen molar-refractivity contribution in [2.24, 2.45) is 5.73 Å². The molecule has 0 saturated carbocycles. The summed E-state index contributed by atoms with van der Waals surface area (Å²) in [5, 5.41) is 12.6. The summed E-state index contributed by atoms with van der Waals surface area (Å²) in [5.41, 5.74) is 6.66. The quantitative estimate of drug-likeness (QED) is 0.625. The van der Waals surface area contributed by atoms with Gasteiger partial charge in [-0.25, -0.2) is 0 Å². The highest BCUT2D eigenvalue weighted by molar-refractivity contribution is 5.27. The molecule has 0 fully saturated rings. The number of phenols is 1. The Labute approximate surface area is 91.3 Å². The number of hydrogen-bond acceptors (Lipinski definition) is 3. The molecule has 0 aliphatic rings. The van der Waals surface area contributed by atoms with Crippen molar-refractivity contribution >= 4 is 0 Å². The van der Waals surface area contributed by atoms with Gasteiger partial charge < -0.3 is 16.2 Å². The van der Waals surface area contributed by atoms with E-state index >= 15 is 0 Å². The van der Waals surface area contributed by atoms with Crippen molar-refractivity contribution in [1.29, 1.82) is 0 Å². The molecule has 15 heavy (non-hydrogen) atoms. The molecule has 0 aliphatic carbocycles. The van der Waals surface area contributed by atoms with Crippen LogP contribution >= 0.6 is 0 Å². The van der Waals surface area contributed by atoms with Crippen LogP contribution in [-0.2, 0) is 0 Å². The van der Waals surface area contributed by atoms with Gasteiger partial charge in [0.1, 0.15) is 5.75 Å². The molecular formula is C12H20N2O. The second-order valence-electron chi connectivity index (χ2n) is 3.65. The first-order valence-electron chi connectivity index (χ1n) is 5.50. The van der Waals surface area contributed by atoms with E-state index in [0.717, 1.165) is 25.9 Å². The molecule has 0 aliphatic heterocycles. The van der Waals surface area contributed by atoms with Crippen LogP contribution in [0, 0.1) is 0 Å². The van der Waals surface area contributed by atoms with Gasteiger partial charge in [-0.1, -0.05) is 19.1 Å². The van der Waals surface area contributed by atoms with Gasteiger partial charge in [-0.05, 0) is 43.6 Å². The molecule has 0 saturated heterocycles. The van der Waals surface area contributed by atoms with Gasteiger partial charge in [-0.2, -0.15) is 0 Å². The lowest BCUT2D eigenvalue weighted by Crippen LogP contribution is -2.23. The highest BCUT2D eigenvalue weighted by Crippen LogP contribution is 2.19. The Balaban J connectivity index is 2.53. The van der Waals surface area contributed by atoms with Gasteiger partial charge in [0.2, 0.25) is 0 Å². The molecule has 1 unspecified atom stereocenters. The zero-order valence-electron chi connectivity index (χ0n) is 9.24. The van der Waals surface area contributed by atoms with Crippen LogP contribution < -0.4 is 11.1 Å².